The lowest BCUT2D eigenvalue weighted by Crippen LogP contribution is -2.48. The third-order valence-corrected chi connectivity index (χ3v) is 10.5. The summed E-state index contributed by atoms with van der Waals surface area (Å²) in [7, 11) is 0. The Morgan fingerprint density at radius 2 is 2.00 bits per heavy atom. The quantitative estimate of drug-likeness (QED) is 0.583. The summed E-state index contributed by atoms with van der Waals surface area (Å²) in [5.74, 6) is 6.44. The fraction of sp³-hybridized carbons (Fsp3) is 0.815. The molecule has 4 saturated carbocycles. The molecule has 4 heteroatoms. The Morgan fingerprint density at radius 3 is 2.77 bits per heavy atom. The van der Waals surface area contributed by atoms with Gasteiger partial charge in [0.25, 0.3) is 0 Å². The van der Waals surface area contributed by atoms with Crippen LogP contribution in [0, 0.1) is 58.2 Å². The van der Waals surface area contributed by atoms with Gasteiger partial charge in [-0.15, -0.1) is 0 Å². The van der Waals surface area contributed by atoms with Crippen molar-refractivity contribution in [1.29, 1.82) is 5.26 Å². The number of carbonyl (C=O) groups excluding carboxylic acids is 1. The van der Waals surface area contributed by atoms with Gasteiger partial charge in [-0.25, -0.2) is 0 Å². The largest absolute Gasteiger partial charge is 0.297 e. The van der Waals surface area contributed by atoms with Crippen LogP contribution in [-0.2, 0) is 4.79 Å². The van der Waals surface area contributed by atoms with Gasteiger partial charge in [-0.05, 0) is 105 Å². The molecular formula is C27H39N3O. The SMILES string of the molecule is C[C@H]1CC[C@@H]2C3CC[C@@]4(C)C(CC[C@@H]4CC(=O)[C@H](C)n4cc(C#N)cn4)[C@@H]3CC[C@@H]2C1. The summed E-state index contributed by atoms with van der Waals surface area (Å²) in [4.78, 5) is 13.2. The number of fused-ring (bicyclic) bond motifs is 5. The van der Waals surface area contributed by atoms with E-state index in [2.05, 4.69) is 25.0 Å². The molecule has 0 amide bonds. The molecule has 1 heterocycles. The van der Waals surface area contributed by atoms with Crippen LogP contribution in [0.15, 0.2) is 12.4 Å². The fourth-order valence-electron chi connectivity index (χ4n) is 8.70. The predicted molar refractivity (Wildman–Crippen MR) is 121 cm³/mol. The zero-order valence-electron chi connectivity index (χ0n) is 19.6. The third-order valence-electron chi connectivity index (χ3n) is 10.5. The Bertz CT molecular complexity index is 868. The molecular weight excluding hydrogens is 382 g/mol. The standard InChI is InChI=1S/C27H39N3O/c1-17-4-7-22-20(12-17)5-8-24-23(22)10-11-27(3)21(6-9-25(24)27)13-26(31)18(2)30-16-19(14-28)15-29-30/h15-18,20-25H,4-13H2,1-3H3/t17-,18-,20+,21+,22-,23?,24+,25?,27+/m0/s1. The highest BCUT2D eigenvalue weighted by atomic mass is 16.1. The lowest BCUT2D eigenvalue weighted by Gasteiger charge is -2.56. The van der Waals surface area contributed by atoms with Crippen LogP contribution in [0.25, 0.3) is 0 Å². The molecule has 0 N–H and O–H groups in total. The molecule has 4 aliphatic rings. The number of rotatable bonds is 4. The Balaban J connectivity index is 1.27. The number of hydrogen-bond acceptors (Lipinski definition) is 3. The second-order valence-electron chi connectivity index (χ2n) is 11.8. The first-order chi connectivity index (χ1) is 14.9. The highest BCUT2D eigenvalue weighted by molar-refractivity contribution is 5.82. The highest BCUT2D eigenvalue weighted by Gasteiger charge is 2.57. The maximum atomic E-state index is 13.2. The van der Waals surface area contributed by atoms with Crippen molar-refractivity contribution in [2.24, 2.45) is 46.8 Å². The maximum Gasteiger partial charge on any atom is 0.157 e. The van der Waals surface area contributed by atoms with Crippen LogP contribution >= 0.6 is 0 Å². The van der Waals surface area contributed by atoms with Gasteiger partial charge in [0.2, 0.25) is 0 Å². The van der Waals surface area contributed by atoms with Crippen molar-refractivity contribution in [3.05, 3.63) is 18.0 Å². The average molecular weight is 422 g/mol. The molecule has 4 nitrogen and oxygen atoms in total. The number of carbonyl (C=O) groups is 1. The minimum absolute atomic E-state index is 0.277. The summed E-state index contributed by atoms with van der Waals surface area (Å²) in [6.45, 7) is 6.93. The molecule has 0 bridgehead atoms. The van der Waals surface area contributed by atoms with Crippen molar-refractivity contribution < 1.29 is 4.79 Å². The molecule has 168 valence electrons. The van der Waals surface area contributed by atoms with E-state index in [0.717, 1.165) is 35.5 Å². The molecule has 0 spiro atoms. The van der Waals surface area contributed by atoms with E-state index in [1.807, 2.05) is 6.92 Å². The molecule has 0 aromatic carbocycles. The van der Waals surface area contributed by atoms with E-state index in [9.17, 15) is 4.79 Å². The molecule has 31 heavy (non-hydrogen) atoms. The summed E-state index contributed by atoms with van der Waals surface area (Å²) < 4.78 is 1.68. The van der Waals surface area contributed by atoms with E-state index in [4.69, 9.17) is 5.26 Å². The van der Waals surface area contributed by atoms with Gasteiger partial charge in [-0.3, -0.25) is 9.48 Å². The van der Waals surface area contributed by atoms with Gasteiger partial charge in [0.1, 0.15) is 12.1 Å². The second-order valence-corrected chi connectivity index (χ2v) is 11.8. The van der Waals surface area contributed by atoms with Gasteiger partial charge < -0.3 is 0 Å². The van der Waals surface area contributed by atoms with Crippen LogP contribution in [0.2, 0.25) is 0 Å². The van der Waals surface area contributed by atoms with Gasteiger partial charge in [0.15, 0.2) is 5.78 Å². The molecule has 0 radical (unpaired) electrons. The van der Waals surface area contributed by atoms with Crippen molar-refractivity contribution >= 4 is 5.78 Å². The van der Waals surface area contributed by atoms with Crippen molar-refractivity contribution in [1.82, 2.24) is 9.78 Å². The lowest BCUT2D eigenvalue weighted by atomic mass is 9.49. The first-order valence-electron chi connectivity index (χ1n) is 12.9. The van der Waals surface area contributed by atoms with Gasteiger partial charge >= 0.3 is 0 Å². The summed E-state index contributed by atoms with van der Waals surface area (Å²) in [6.07, 6.45) is 16.5. The van der Waals surface area contributed by atoms with E-state index in [1.165, 1.54) is 57.8 Å². The topological polar surface area (TPSA) is 58.7 Å². The first-order valence-corrected chi connectivity index (χ1v) is 12.9. The molecule has 1 aromatic heterocycles. The van der Waals surface area contributed by atoms with Gasteiger partial charge in [0, 0.05) is 12.6 Å². The van der Waals surface area contributed by atoms with E-state index < -0.39 is 0 Å². The number of ketones is 1. The Labute approximate surface area is 187 Å². The maximum absolute atomic E-state index is 13.2. The van der Waals surface area contributed by atoms with Crippen molar-refractivity contribution in [3.8, 4) is 6.07 Å². The third kappa shape index (κ3) is 3.57. The van der Waals surface area contributed by atoms with E-state index >= 15 is 0 Å². The van der Waals surface area contributed by atoms with E-state index in [0.29, 0.717) is 23.3 Å². The fourth-order valence-corrected chi connectivity index (χ4v) is 8.70. The average Bonchev–Trinajstić information content (AvgIpc) is 3.37. The number of aromatic nitrogens is 2. The Kier molecular flexibility index (Phi) is 5.51. The summed E-state index contributed by atoms with van der Waals surface area (Å²) in [6, 6.07) is 1.83. The van der Waals surface area contributed by atoms with Crippen LogP contribution < -0.4 is 0 Å². The minimum Gasteiger partial charge on any atom is -0.297 e. The number of Topliss-reactive ketones (excluding diaryl/α,β-unsaturated/α-hetero) is 1. The molecule has 2 unspecified atom stereocenters. The van der Waals surface area contributed by atoms with Crippen LogP contribution in [0.4, 0.5) is 0 Å². The van der Waals surface area contributed by atoms with Crippen LogP contribution in [-0.4, -0.2) is 15.6 Å². The molecule has 4 aliphatic carbocycles. The molecule has 5 rings (SSSR count). The minimum atomic E-state index is -0.277. The van der Waals surface area contributed by atoms with Gasteiger partial charge in [-0.2, -0.15) is 10.4 Å². The monoisotopic (exact) mass is 421 g/mol. The van der Waals surface area contributed by atoms with Crippen LogP contribution in [0.3, 0.4) is 0 Å². The van der Waals surface area contributed by atoms with Crippen LogP contribution in [0.1, 0.15) is 96.6 Å². The second kappa shape index (κ2) is 8.05. The molecule has 0 saturated heterocycles. The molecule has 9 atom stereocenters. The smallest absolute Gasteiger partial charge is 0.157 e. The molecule has 4 fully saturated rings. The first kappa shape index (κ1) is 21.2. The van der Waals surface area contributed by atoms with Crippen molar-refractivity contribution in [2.75, 3.05) is 0 Å². The number of hydrogen-bond donors (Lipinski definition) is 0. The van der Waals surface area contributed by atoms with Gasteiger partial charge in [0.05, 0.1) is 11.8 Å². The molecule has 0 aliphatic heterocycles. The summed E-state index contributed by atoms with van der Waals surface area (Å²) >= 11 is 0. The number of nitriles is 1. The van der Waals surface area contributed by atoms with Crippen molar-refractivity contribution in [3.63, 3.8) is 0 Å². The summed E-state index contributed by atoms with van der Waals surface area (Å²) in [5.41, 5.74) is 0.867. The van der Waals surface area contributed by atoms with E-state index in [1.54, 1.807) is 17.1 Å². The number of nitrogens with zero attached hydrogens (tertiary/aromatic N) is 3. The van der Waals surface area contributed by atoms with E-state index in [-0.39, 0.29) is 11.8 Å². The highest BCUT2D eigenvalue weighted by Crippen LogP contribution is 2.65. The normalized spacial score (nSPS) is 42.7. The lowest BCUT2D eigenvalue weighted by molar-refractivity contribution is -0.125. The van der Waals surface area contributed by atoms with Crippen LogP contribution in [0.5, 0.6) is 0 Å². The Morgan fingerprint density at radius 1 is 1.19 bits per heavy atom. The van der Waals surface area contributed by atoms with Gasteiger partial charge in [-0.1, -0.05) is 20.3 Å². The van der Waals surface area contributed by atoms with Crippen molar-refractivity contribution in [2.45, 2.75) is 91.0 Å². The molecule has 1 aromatic rings. The predicted octanol–water partition coefficient (Wildman–Crippen LogP) is 6.18. The zero-order valence-corrected chi connectivity index (χ0v) is 19.6. The Hall–Kier alpha value is -1.63. The zero-order chi connectivity index (χ0) is 21.8. The summed E-state index contributed by atoms with van der Waals surface area (Å²) in [5, 5.41) is 13.3.